The van der Waals surface area contributed by atoms with Gasteiger partial charge in [0, 0.05) is 6.42 Å². The molecule has 2 aliphatic carbocycles. The van der Waals surface area contributed by atoms with Gasteiger partial charge in [-0.15, -0.1) is 0 Å². The average Bonchev–Trinajstić information content (AvgIpc) is 2.06. The second-order valence-electron chi connectivity index (χ2n) is 6.17. The fourth-order valence-electron chi connectivity index (χ4n) is 4.04. The number of carbonyl (C=O) groups is 1. The lowest BCUT2D eigenvalue weighted by Gasteiger charge is -2.49. The van der Waals surface area contributed by atoms with Crippen LogP contribution >= 0.6 is 0 Å². The molecule has 1 amide bonds. The third-order valence-electron chi connectivity index (χ3n) is 4.75. The summed E-state index contributed by atoms with van der Waals surface area (Å²) in [5, 5.41) is 0. The topological polar surface area (TPSA) is 43.1 Å². The lowest BCUT2D eigenvalue weighted by molar-refractivity contribution is -0.122. The van der Waals surface area contributed by atoms with Crippen molar-refractivity contribution < 1.29 is 4.79 Å². The normalized spacial score (nSPS) is 45.1. The predicted molar refractivity (Wildman–Crippen MR) is 61.1 cm³/mol. The smallest absolute Gasteiger partial charge is 0.217 e. The summed E-state index contributed by atoms with van der Waals surface area (Å²) in [5.74, 6) is 2.45. The standard InChI is InChI=1S/C13H23NO/c1-9-10-4-3-5-11(9)7-13(2,6-10)8-12(14)15/h9-11H,3-8H2,1-2H3,(H2,14,15). The third-order valence-corrected chi connectivity index (χ3v) is 4.75. The summed E-state index contributed by atoms with van der Waals surface area (Å²) in [6, 6.07) is 0. The van der Waals surface area contributed by atoms with E-state index in [4.69, 9.17) is 5.73 Å². The molecule has 0 aromatic heterocycles. The van der Waals surface area contributed by atoms with E-state index in [2.05, 4.69) is 13.8 Å². The Kier molecular flexibility index (Phi) is 2.78. The van der Waals surface area contributed by atoms with Gasteiger partial charge < -0.3 is 5.73 Å². The number of hydrogen-bond acceptors (Lipinski definition) is 1. The number of nitrogens with two attached hydrogens (primary N) is 1. The van der Waals surface area contributed by atoms with Gasteiger partial charge in [-0.3, -0.25) is 4.79 Å². The first-order valence-electron chi connectivity index (χ1n) is 6.28. The van der Waals surface area contributed by atoms with Crippen LogP contribution in [-0.2, 0) is 4.79 Å². The lowest BCUT2D eigenvalue weighted by atomic mass is 9.56. The molecule has 15 heavy (non-hydrogen) atoms. The molecule has 2 fully saturated rings. The second-order valence-corrected chi connectivity index (χ2v) is 6.17. The first-order valence-corrected chi connectivity index (χ1v) is 6.28. The summed E-state index contributed by atoms with van der Waals surface area (Å²) in [6.45, 7) is 4.66. The van der Waals surface area contributed by atoms with E-state index < -0.39 is 0 Å². The van der Waals surface area contributed by atoms with Crippen LogP contribution in [0, 0.1) is 23.2 Å². The van der Waals surface area contributed by atoms with Crippen LogP contribution < -0.4 is 5.73 Å². The first-order chi connectivity index (χ1) is 7.00. The Morgan fingerprint density at radius 2 is 1.87 bits per heavy atom. The van der Waals surface area contributed by atoms with Crippen molar-refractivity contribution in [3.8, 4) is 0 Å². The molecule has 2 N–H and O–H groups in total. The molecule has 0 spiro atoms. The largest absolute Gasteiger partial charge is 0.370 e. The highest BCUT2D eigenvalue weighted by Gasteiger charge is 2.43. The molecule has 0 radical (unpaired) electrons. The van der Waals surface area contributed by atoms with Gasteiger partial charge in [-0.1, -0.05) is 33.1 Å². The van der Waals surface area contributed by atoms with Crippen LogP contribution in [0.25, 0.3) is 0 Å². The van der Waals surface area contributed by atoms with Gasteiger partial charge in [0.15, 0.2) is 0 Å². The van der Waals surface area contributed by atoms with Gasteiger partial charge in [0.2, 0.25) is 5.91 Å². The van der Waals surface area contributed by atoms with Crippen molar-refractivity contribution in [2.75, 3.05) is 0 Å². The van der Waals surface area contributed by atoms with Gasteiger partial charge in [0.25, 0.3) is 0 Å². The highest BCUT2D eigenvalue weighted by Crippen LogP contribution is 2.52. The quantitative estimate of drug-likeness (QED) is 0.746. The Morgan fingerprint density at radius 1 is 1.33 bits per heavy atom. The van der Waals surface area contributed by atoms with Gasteiger partial charge in [0.1, 0.15) is 0 Å². The number of primary amides is 1. The minimum Gasteiger partial charge on any atom is -0.370 e. The lowest BCUT2D eigenvalue weighted by Crippen LogP contribution is -2.41. The number of rotatable bonds is 2. The average molecular weight is 209 g/mol. The first kappa shape index (κ1) is 11.0. The maximum Gasteiger partial charge on any atom is 0.217 e. The Bertz CT molecular complexity index is 247. The van der Waals surface area contributed by atoms with Gasteiger partial charge in [-0.25, -0.2) is 0 Å². The van der Waals surface area contributed by atoms with E-state index in [1.807, 2.05) is 0 Å². The zero-order chi connectivity index (χ0) is 11.1. The van der Waals surface area contributed by atoms with Gasteiger partial charge >= 0.3 is 0 Å². The van der Waals surface area contributed by atoms with Crippen molar-refractivity contribution in [1.29, 1.82) is 0 Å². The highest BCUT2D eigenvalue weighted by molar-refractivity contribution is 5.74. The van der Waals surface area contributed by atoms with Crippen LogP contribution in [0.2, 0.25) is 0 Å². The monoisotopic (exact) mass is 209 g/mol. The Balaban J connectivity index is 2.09. The molecule has 2 atom stereocenters. The van der Waals surface area contributed by atoms with Crippen LogP contribution in [0.3, 0.4) is 0 Å². The molecule has 0 saturated heterocycles. The van der Waals surface area contributed by atoms with Gasteiger partial charge in [0.05, 0.1) is 0 Å². The van der Waals surface area contributed by atoms with E-state index >= 15 is 0 Å². The fraction of sp³-hybridized carbons (Fsp3) is 0.923. The molecular weight excluding hydrogens is 186 g/mol. The fourth-order valence-corrected chi connectivity index (χ4v) is 4.04. The van der Waals surface area contributed by atoms with Crippen molar-refractivity contribution in [3.05, 3.63) is 0 Å². The van der Waals surface area contributed by atoms with E-state index in [9.17, 15) is 4.79 Å². The van der Waals surface area contributed by atoms with Crippen molar-refractivity contribution in [2.45, 2.75) is 52.4 Å². The van der Waals surface area contributed by atoms with Crippen LogP contribution in [-0.4, -0.2) is 5.91 Å². The van der Waals surface area contributed by atoms with Crippen molar-refractivity contribution in [1.82, 2.24) is 0 Å². The summed E-state index contributed by atoms with van der Waals surface area (Å²) in [6.07, 6.45) is 7.15. The highest BCUT2D eigenvalue weighted by atomic mass is 16.1. The van der Waals surface area contributed by atoms with E-state index in [0.29, 0.717) is 6.42 Å². The number of carbonyl (C=O) groups excluding carboxylic acids is 1. The molecule has 2 unspecified atom stereocenters. The molecule has 2 bridgehead atoms. The molecule has 0 heterocycles. The molecule has 86 valence electrons. The minimum absolute atomic E-state index is 0.120. The summed E-state index contributed by atoms with van der Waals surface area (Å²) in [7, 11) is 0. The maximum absolute atomic E-state index is 11.1. The molecule has 0 aromatic carbocycles. The molecule has 0 aliphatic heterocycles. The van der Waals surface area contributed by atoms with Crippen LogP contribution in [0.4, 0.5) is 0 Å². The van der Waals surface area contributed by atoms with E-state index in [1.54, 1.807) is 0 Å². The number of fused-ring (bicyclic) bond motifs is 2. The predicted octanol–water partition coefficient (Wildman–Crippen LogP) is 2.71. The summed E-state index contributed by atoms with van der Waals surface area (Å²) in [5.41, 5.74) is 5.56. The molecule has 2 nitrogen and oxygen atoms in total. The van der Waals surface area contributed by atoms with E-state index in [0.717, 1.165) is 17.8 Å². The maximum atomic E-state index is 11.1. The minimum atomic E-state index is -0.120. The third kappa shape index (κ3) is 2.19. The Labute approximate surface area is 92.6 Å². The zero-order valence-electron chi connectivity index (χ0n) is 9.96. The van der Waals surface area contributed by atoms with Crippen LogP contribution in [0.5, 0.6) is 0 Å². The van der Waals surface area contributed by atoms with Crippen molar-refractivity contribution in [3.63, 3.8) is 0 Å². The molecule has 2 aliphatic rings. The molecule has 2 rings (SSSR count). The van der Waals surface area contributed by atoms with Gasteiger partial charge in [-0.2, -0.15) is 0 Å². The van der Waals surface area contributed by atoms with Crippen molar-refractivity contribution in [2.24, 2.45) is 28.9 Å². The molecule has 2 heteroatoms. The second kappa shape index (κ2) is 3.80. The number of amides is 1. The summed E-state index contributed by atoms with van der Waals surface area (Å²) in [4.78, 5) is 11.1. The van der Waals surface area contributed by atoms with Gasteiger partial charge in [-0.05, 0) is 36.0 Å². The van der Waals surface area contributed by atoms with Crippen LogP contribution in [0.1, 0.15) is 52.4 Å². The Hall–Kier alpha value is -0.530. The Morgan fingerprint density at radius 3 is 2.33 bits per heavy atom. The number of hydrogen-bond donors (Lipinski definition) is 1. The summed E-state index contributed by atoms with van der Waals surface area (Å²) >= 11 is 0. The molecule has 2 saturated carbocycles. The molecular formula is C13H23NO. The van der Waals surface area contributed by atoms with Crippen LogP contribution in [0.15, 0.2) is 0 Å². The zero-order valence-corrected chi connectivity index (χ0v) is 9.96. The SMILES string of the molecule is CC1C2CCCC1CC(C)(CC(N)=O)C2. The van der Waals surface area contributed by atoms with E-state index in [-0.39, 0.29) is 11.3 Å². The molecule has 0 aromatic rings. The summed E-state index contributed by atoms with van der Waals surface area (Å²) < 4.78 is 0. The van der Waals surface area contributed by atoms with Crippen molar-refractivity contribution >= 4 is 5.91 Å². The van der Waals surface area contributed by atoms with E-state index in [1.165, 1.54) is 32.1 Å².